The van der Waals surface area contributed by atoms with Crippen LogP contribution in [0.2, 0.25) is 10.0 Å². The van der Waals surface area contributed by atoms with Crippen molar-refractivity contribution in [1.29, 1.82) is 0 Å². The minimum atomic E-state index is -1.17. The van der Waals surface area contributed by atoms with E-state index in [0.717, 1.165) is 0 Å². The maximum Gasteiger partial charge on any atom is 0.335 e. The lowest BCUT2D eigenvalue weighted by Crippen LogP contribution is -2.35. The third kappa shape index (κ3) is 4.05. The fourth-order valence-electron chi connectivity index (χ4n) is 1.20. The number of amides is 2. The zero-order valence-corrected chi connectivity index (χ0v) is 11.3. The predicted octanol–water partition coefficient (Wildman–Crippen LogP) is 2.83. The molecule has 19 heavy (non-hydrogen) atoms. The van der Waals surface area contributed by atoms with Gasteiger partial charge in [-0.15, -0.1) is 6.42 Å². The van der Waals surface area contributed by atoms with E-state index in [1.165, 1.54) is 12.1 Å². The maximum absolute atomic E-state index is 11.6. The van der Waals surface area contributed by atoms with Crippen molar-refractivity contribution in [2.75, 3.05) is 5.32 Å². The fraction of sp³-hybridized carbons (Fsp3) is 0.167. The highest BCUT2D eigenvalue weighted by Gasteiger charge is 2.14. The minimum Gasteiger partial charge on any atom is -0.478 e. The van der Waals surface area contributed by atoms with Gasteiger partial charge in [0.05, 0.1) is 27.3 Å². The van der Waals surface area contributed by atoms with Crippen LogP contribution in [0.15, 0.2) is 12.1 Å². The molecule has 100 valence electrons. The first-order chi connectivity index (χ1) is 8.85. The molecule has 7 heteroatoms. The first kappa shape index (κ1) is 15.2. The molecule has 2 amide bonds. The molecule has 5 nitrogen and oxygen atoms in total. The highest BCUT2D eigenvalue weighted by molar-refractivity contribution is 6.40. The van der Waals surface area contributed by atoms with Gasteiger partial charge in [-0.3, -0.25) is 0 Å². The van der Waals surface area contributed by atoms with Gasteiger partial charge in [0.2, 0.25) is 0 Å². The number of aromatic carboxylic acids is 1. The van der Waals surface area contributed by atoms with Crippen molar-refractivity contribution >= 4 is 40.9 Å². The Kier molecular flexibility index (Phi) is 5.04. The third-order valence-corrected chi connectivity index (χ3v) is 2.72. The van der Waals surface area contributed by atoms with E-state index in [4.69, 9.17) is 34.7 Å². The molecule has 0 aliphatic carbocycles. The first-order valence-corrected chi connectivity index (χ1v) is 5.86. The van der Waals surface area contributed by atoms with Gasteiger partial charge in [0, 0.05) is 0 Å². The van der Waals surface area contributed by atoms with Crippen LogP contribution in [-0.4, -0.2) is 23.1 Å². The number of rotatable bonds is 3. The summed E-state index contributed by atoms with van der Waals surface area (Å²) >= 11 is 11.7. The van der Waals surface area contributed by atoms with Crippen LogP contribution in [0.25, 0.3) is 0 Å². The van der Waals surface area contributed by atoms with Crippen LogP contribution < -0.4 is 10.6 Å². The van der Waals surface area contributed by atoms with Gasteiger partial charge >= 0.3 is 12.0 Å². The van der Waals surface area contributed by atoms with Crippen LogP contribution in [0.1, 0.15) is 17.3 Å². The molecule has 3 N–H and O–H groups in total. The molecule has 0 radical (unpaired) electrons. The number of carboxylic acid groups (broad SMARTS) is 1. The summed E-state index contributed by atoms with van der Waals surface area (Å²) in [6, 6.07) is 1.33. The number of carbonyl (C=O) groups is 2. The largest absolute Gasteiger partial charge is 0.478 e. The average molecular weight is 301 g/mol. The summed E-state index contributed by atoms with van der Waals surface area (Å²) in [5.74, 6) is 1.15. The van der Waals surface area contributed by atoms with Crippen LogP contribution in [0.3, 0.4) is 0 Å². The van der Waals surface area contributed by atoms with Gasteiger partial charge in [-0.2, -0.15) is 0 Å². The van der Waals surface area contributed by atoms with Gasteiger partial charge in [-0.05, 0) is 19.1 Å². The van der Waals surface area contributed by atoms with Gasteiger partial charge < -0.3 is 15.7 Å². The number of carboxylic acids is 1. The molecular weight excluding hydrogens is 291 g/mol. The average Bonchev–Trinajstić information content (AvgIpc) is 2.33. The number of terminal acetylenes is 1. The smallest absolute Gasteiger partial charge is 0.335 e. The summed E-state index contributed by atoms with van der Waals surface area (Å²) < 4.78 is 0. The first-order valence-electron chi connectivity index (χ1n) is 5.11. The third-order valence-electron chi connectivity index (χ3n) is 2.13. The van der Waals surface area contributed by atoms with Crippen molar-refractivity contribution in [3.8, 4) is 12.3 Å². The molecule has 0 heterocycles. The Morgan fingerprint density at radius 3 is 2.32 bits per heavy atom. The molecule has 0 aromatic heterocycles. The Labute approximate surface area is 119 Å². The van der Waals surface area contributed by atoms with E-state index in [1.807, 2.05) is 0 Å². The number of benzene rings is 1. The number of hydrogen-bond acceptors (Lipinski definition) is 2. The summed E-state index contributed by atoms with van der Waals surface area (Å²) in [4.78, 5) is 22.3. The van der Waals surface area contributed by atoms with E-state index in [2.05, 4.69) is 16.6 Å². The van der Waals surface area contributed by atoms with Gasteiger partial charge in [-0.25, -0.2) is 9.59 Å². The number of halogens is 2. The number of carbonyl (C=O) groups excluding carboxylic acids is 1. The monoisotopic (exact) mass is 300 g/mol. The SMILES string of the molecule is C#CC(C)NC(=O)Nc1c(Cl)cc(C(=O)O)cc1Cl. The second-order valence-electron chi connectivity index (χ2n) is 3.61. The quantitative estimate of drug-likeness (QED) is 0.751. The van der Waals surface area contributed by atoms with E-state index in [1.54, 1.807) is 6.92 Å². The summed E-state index contributed by atoms with van der Waals surface area (Å²) in [7, 11) is 0. The van der Waals surface area contributed by atoms with Crippen molar-refractivity contribution in [2.45, 2.75) is 13.0 Å². The van der Waals surface area contributed by atoms with Crippen LogP contribution in [0, 0.1) is 12.3 Å². The molecule has 1 rings (SSSR count). The van der Waals surface area contributed by atoms with Crippen molar-refractivity contribution < 1.29 is 14.7 Å². The molecule has 0 spiro atoms. The molecule has 0 aliphatic heterocycles. The van der Waals surface area contributed by atoms with E-state index in [0.29, 0.717) is 0 Å². The number of nitrogens with one attached hydrogen (secondary N) is 2. The minimum absolute atomic E-state index is 0.0217. The topological polar surface area (TPSA) is 78.4 Å². The van der Waals surface area contributed by atoms with E-state index >= 15 is 0 Å². The lowest BCUT2D eigenvalue weighted by Gasteiger charge is -2.12. The van der Waals surface area contributed by atoms with Gasteiger partial charge in [0.1, 0.15) is 0 Å². The Morgan fingerprint density at radius 1 is 1.37 bits per heavy atom. The zero-order valence-electron chi connectivity index (χ0n) is 9.83. The van der Waals surface area contributed by atoms with Gasteiger partial charge in [0.25, 0.3) is 0 Å². The molecule has 0 saturated heterocycles. The Morgan fingerprint density at radius 2 is 1.89 bits per heavy atom. The highest BCUT2D eigenvalue weighted by atomic mass is 35.5. The molecule has 0 fully saturated rings. The second-order valence-corrected chi connectivity index (χ2v) is 4.42. The molecular formula is C12H10Cl2N2O3. The predicted molar refractivity (Wildman–Crippen MR) is 73.9 cm³/mol. The standard InChI is InChI=1S/C12H10Cl2N2O3/c1-3-6(2)15-12(19)16-10-8(13)4-7(11(17)18)5-9(10)14/h1,4-6H,2H3,(H,17,18)(H2,15,16,19). The zero-order chi connectivity index (χ0) is 14.6. The van der Waals surface area contributed by atoms with Crippen molar-refractivity contribution in [2.24, 2.45) is 0 Å². The fourth-order valence-corrected chi connectivity index (χ4v) is 1.79. The molecule has 0 bridgehead atoms. The number of urea groups is 1. The lowest BCUT2D eigenvalue weighted by atomic mass is 10.2. The Bertz CT molecular complexity index is 544. The van der Waals surface area contributed by atoms with Crippen molar-refractivity contribution in [3.05, 3.63) is 27.7 Å². The maximum atomic E-state index is 11.6. The lowest BCUT2D eigenvalue weighted by molar-refractivity contribution is 0.0697. The molecule has 1 aromatic carbocycles. The summed E-state index contributed by atoms with van der Waals surface area (Å²) in [6.07, 6.45) is 5.12. The molecule has 0 saturated carbocycles. The normalized spacial score (nSPS) is 11.3. The second kappa shape index (κ2) is 6.32. The van der Waals surface area contributed by atoms with E-state index in [9.17, 15) is 9.59 Å². The summed E-state index contributed by atoms with van der Waals surface area (Å²) in [5, 5.41) is 13.7. The summed E-state index contributed by atoms with van der Waals surface area (Å²) in [5.41, 5.74) is 0.0491. The Balaban J connectivity index is 2.94. The number of hydrogen-bond donors (Lipinski definition) is 3. The van der Waals surface area contributed by atoms with Crippen molar-refractivity contribution in [3.63, 3.8) is 0 Å². The molecule has 0 aliphatic rings. The molecule has 1 unspecified atom stereocenters. The van der Waals surface area contributed by atoms with E-state index < -0.39 is 18.0 Å². The summed E-state index contributed by atoms with van der Waals surface area (Å²) in [6.45, 7) is 1.62. The molecule has 1 aromatic rings. The van der Waals surface area contributed by atoms with Crippen LogP contribution in [0.4, 0.5) is 10.5 Å². The van der Waals surface area contributed by atoms with Crippen LogP contribution in [-0.2, 0) is 0 Å². The van der Waals surface area contributed by atoms with Crippen molar-refractivity contribution in [1.82, 2.24) is 5.32 Å². The van der Waals surface area contributed by atoms with Crippen LogP contribution >= 0.6 is 23.2 Å². The van der Waals surface area contributed by atoms with Crippen LogP contribution in [0.5, 0.6) is 0 Å². The van der Waals surface area contributed by atoms with Gasteiger partial charge in [-0.1, -0.05) is 29.1 Å². The Hall–Kier alpha value is -1.90. The van der Waals surface area contributed by atoms with E-state index in [-0.39, 0.29) is 21.3 Å². The molecule has 1 atom stereocenters. The van der Waals surface area contributed by atoms with Gasteiger partial charge in [0.15, 0.2) is 0 Å². The number of anilines is 1. The highest BCUT2D eigenvalue weighted by Crippen LogP contribution is 2.31.